The van der Waals surface area contributed by atoms with Crippen molar-refractivity contribution in [2.24, 2.45) is 0 Å². The van der Waals surface area contributed by atoms with Crippen LogP contribution in [0.4, 0.5) is 0 Å². The van der Waals surface area contributed by atoms with E-state index in [0.29, 0.717) is 0 Å². The lowest BCUT2D eigenvalue weighted by Crippen LogP contribution is -2.38. The van der Waals surface area contributed by atoms with Crippen LogP contribution in [0.3, 0.4) is 0 Å². The van der Waals surface area contributed by atoms with Crippen LogP contribution >= 0.6 is 0 Å². The van der Waals surface area contributed by atoms with Crippen molar-refractivity contribution in [2.45, 2.75) is 26.2 Å². The van der Waals surface area contributed by atoms with Gasteiger partial charge < -0.3 is 14.8 Å². The first-order valence-corrected chi connectivity index (χ1v) is 5.60. The van der Waals surface area contributed by atoms with Gasteiger partial charge in [-0.3, -0.25) is 9.59 Å². The quantitative estimate of drug-likeness (QED) is 0.634. The monoisotopic (exact) mass is 251 g/mol. The highest BCUT2D eigenvalue weighted by atomic mass is 16.5. The Morgan fingerprint density at radius 1 is 1.22 bits per heavy atom. The molecule has 0 saturated heterocycles. The van der Waals surface area contributed by atoms with Crippen molar-refractivity contribution >= 4 is 11.9 Å². The Hall–Kier alpha value is -1.88. The van der Waals surface area contributed by atoms with Crippen molar-refractivity contribution in [2.75, 3.05) is 7.11 Å². The number of hydrogen-bond donors (Lipinski definition) is 1. The first-order chi connectivity index (χ1) is 8.54. The third kappa shape index (κ3) is 4.18. The lowest BCUT2D eigenvalue weighted by atomic mass is 10.2. The van der Waals surface area contributed by atoms with E-state index >= 15 is 0 Å². The molecule has 0 bridgehead atoms. The van der Waals surface area contributed by atoms with E-state index in [-0.39, 0.29) is 0 Å². The molecular formula is C13H17NO4. The van der Waals surface area contributed by atoms with E-state index in [2.05, 4.69) is 5.32 Å². The third-order valence-corrected chi connectivity index (χ3v) is 2.32. The number of rotatable bonds is 5. The Kier molecular flexibility index (Phi) is 5.32. The van der Waals surface area contributed by atoms with Crippen molar-refractivity contribution in [3.8, 4) is 0 Å². The van der Waals surface area contributed by atoms with Gasteiger partial charge in [-0.2, -0.15) is 0 Å². The first-order valence-electron chi connectivity index (χ1n) is 5.60. The van der Waals surface area contributed by atoms with Crippen LogP contribution in [-0.2, 0) is 19.1 Å². The number of hydrogen-bond acceptors (Lipinski definition) is 4. The van der Waals surface area contributed by atoms with Crippen LogP contribution in [0, 0.1) is 0 Å². The zero-order valence-corrected chi connectivity index (χ0v) is 10.7. The Morgan fingerprint density at radius 2 is 1.83 bits per heavy atom. The summed E-state index contributed by atoms with van der Waals surface area (Å²) in [4.78, 5) is 22.5. The number of esters is 1. The van der Waals surface area contributed by atoms with Crippen LogP contribution < -0.4 is 5.32 Å². The van der Waals surface area contributed by atoms with E-state index in [1.807, 2.05) is 30.3 Å². The van der Waals surface area contributed by atoms with Gasteiger partial charge in [0.15, 0.2) is 12.3 Å². The molecule has 1 aromatic carbocycles. The molecule has 1 aromatic rings. The maximum absolute atomic E-state index is 11.8. The second kappa shape index (κ2) is 6.76. The fraction of sp³-hybridized carbons (Fsp3) is 0.385. The second-order valence-electron chi connectivity index (χ2n) is 3.79. The molecule has 1 N–H and O–H groups in total. The lowest BCUT2D eigenvalue weighted by Gasteiger charge is -2.19. The van der Waals surface area contributed by atoms with Gasteiger partial charge in [-0.05, 0) is 6.92 Å². The van der Waals surface area contributed by atoms with Crippen molar-refractivity contribution < 1.29 is 19.1 Å². The summed E-state index contributed by atoms with van der Waals surface area (Å²) in [6.07, 6.45) is -1.40. The van der Waals surface area contributed by atoms with E-state index in [1.165, 1.54) is 21.0 Å². The van der Waals surface area contributed by atoms with Gasteiger partial charge in [0.2, 0.25) is 0 Å². The number of carbonyl (C=O) groups excluding carboxylic acids is 2. The molecule has 1 rings (SSSR count). The smallest absolute Gasteiger partial charge is 0.303 e. The SMILES string of the molecule is COC(NC(=O)C(C)OC(C)=O)c1ccccc1. The molecule has 0 spiro atoms. The Morgan fingerprint density at radius 3 is 2.33 bits per heavy atom. The molecule has 0 fully saturated rings. The van der Waals surface area contributed by atoms with E-state index < -0.39 is 24.2 Å². The average Bonchev–Trinajstić information content (AvgIpc) is 2.35. The third-order valence-electron chi connectivity index (χ3n) is 2.32. The molecular weight excluding hydrogens is 234 g/mol. The lowest BCUT2D eigenvalue weighted by molar-refractivity contribution is -0.154. The fourth-order valence-corrected chi connectivity index (χ4v) is 1.46. The summed E-state index contributed by atoms with van der Waals surface area (Å²) in [6, 6.07) is 9.25. The highest BCUT2D eigenvalue weighted by molar-refractivity contribution is 5.83. The summed E-state index contributed by atoms with van der Waals surface area (Å²) in [6.45, 7) is 2.77. The minimum Gasteiger partial charge on any atom is -0.453 e. The molecule has 18 heavy (non-hydrogen) atoms. The molecule has 5 heteroatoms. The number of nitrogens with one attached hydrogen (secondary N) is 1. The maximum Gasteiger partial charge on any atom is 0.303 e. The predicted octanol–water partition coefficient (Wildman–Crippen LogP) is 1.40. The number of benzene rings is 1. The van der Waals surface area contributed by atoms with Gasteiger partial charge in [-0.1, -0.05) is 30.3 Å². The van der Waals surface area contributed by atoms with Gasteiger partial charge >= 0.3 is 5.97 Å². The normalized spacial score (nSPS) is 13.5. The van der Waals surface area contributed by atoms with E-state index in [4.69, 9.17) is 9.47 Å². The zero-order chi connectivity index (χ0) is 13.5. The summed E-state index contributed by atoms with van der Waals surface area (Å²) in [5.41, 5.74) is 0.823. The van der Waals surface area contributed by atoms with Gasteiger partial charge in [0.25, 0.3) is 5.91 Å². The minimum absolute atomic E-state index is 0.402. The van der Waals surface area contributed by atoms with Gasteiger partial charge in [0.1, 0.15) is 0 Å². The number of ether oxygens (including phenoxy) is 2. The molecule has 0 aromatic heterocycles. The fourth-order valence-electron chi connectivity index (χ4n) is 1.46. The molecule has 0 radical (unpaired) electrons. The molecule has 2 atom stereocenters. The summed E-state index contributed by atoms with van der Waals surface area (Å²) < 4.78 is 9.98. The molecule has 1 amide bonds. The molecule has 0 aliphatic rings. The van der Waals surface area contributed by atoms with Crippen LogP contribution in [0.2, 0.25) is 0 Å². The van der Waals surface area contributed by atoms with Crippen LogP contribution in [0.25, 0.3) is 0 Å². The molecule has 0 saturated carbocycles. The van der Waals surface area contributed by atoms with Crippen LogP contribution in [-0.4, -0.2) is 25.1 Å². The van der Waals surface area contributed by atoms with Gasteiger partial charge in [0.05, 0.1) is 0 Å². The van der Waals surface area contributed by atoms with Crippen molar-refractivity contribution in [1.82, 2.24) is 5.32 Å². The van der Waals surface area contributed by atoms with Crippen LogP contribution in [0.15, 0.2) is 30.3 Å². The van der Waals surface area contributed by atoms with Crippen molar-refractivity contribution in [3.05, 3.63) is 35.9 Å². The molecule has 2 unspecified atom stereocenters. The Balaban J connectivity index is 2.64. The zero-order valence-electron chi connectivity index (χ0n) is 10.7. The van der Waals surface area contributed by atoms with Crippen LogP contribution in [0.1, 0.15) is 25.6 Å². The van der Waals surface area contributed by atoms with Crippen LogP contribution in [0.5, 0.6) is 0 Å². The summed E-state index contributed by atoms with van der Waals surface area (Å²) >= 11 is 0. The summed E-state index contributed by atoms with van der Waals surface area (Å²) in [5, 5.41) is 2.65. The van der Waals surface area contributed by atoms with E-state index in [1.54, 1.807) is 0 Å². The number of amides is 1. The van der Waals surface area contributed by atoms with E-state index in [9.17, 15) is 9.59 Å². The molecule has 0 aliphatic carbocycles. The standard InChI is InChI=1S/C13H17NO4/c1-9(18-10(2)15)12(16)14-13(17-3)11-7-5-4-6-8-11/h4-9,13H,1-3H3,(H,14,16). The van der Waals surface area contributed by atoms with Gasteiger partial charge in [-0.25, -0.2) is 0 Å². The Bertz CT molecular complexity index is 405. The highest BCUT2D eigenvalue weighted by Gasteiger charge is 2.20. The first kappa shape index (κ1) is 14.2. The minimum atomic E-state index is -0.844. The predicted molar refractivity (Wildman–Crippen MR) is 65.6 cm³/mol. The molecule has 98 valence electrons. The van der Waals surface area contributed by atoms with Gasteiger partial charge in [-0.15, -0.1) is 0 Å². The maximum atomic E-state index is 11.8. The Labute approximate surface area is 106 Å². The summed E-state index contributed by atoms with van der Waals surface area (Å²) in [7, 11) is 1.49. The highest BCUT2D eigenvalue weighted by Crippen LogP contribution is 2.13. The topological polar surface area (TPSA) is 64.6 Å². The molecule has 0 heterocycles. The molecule has 5 nitrogen and oxygen atoms in total. The number of methoxy groups -OCH3 is 1. The van der Waals surface area contributed by atoms with Gasteiger partial charge in [0, 0.05) is 19.6 Å². The average molecular weight is 251 g/mol. The number of carbonyl (C=O) groups is 2. The van der Waals surface area contributed by atoms with E-state index in [0.717, 1.165) is 5.56 Å². The second-order valence-corrected chi connectivity index (χ2v) is 3.79. The largest absolute Gasteiger partial charge is 0.453 e. The van der Waals surface area contributed by atoms with Crippen molar-refractivity contribution in [3.63, 3.8) is 0 Å². The summed E-state index contributed by atoms with van der Waals surface area (Å²) in [5.74, 6) is -0.896. The van der Waals surface area contributed by atoms with Crippen molar-refractivity contribution in [1.29, 1.82) is 0 Å². The molecule has 0 aliphatic heterocycles.